The molecule has 18 heavy (non-hydrogen) atoms. The van der Waals surface area contributed by atoms with Crippen LogP contribution in [0.15, 0.2) is 24.3 Å². The Morgan fingerprint density at radius 1 is 1.33 bits per heavy atom. The van der Waals surface area contributed by atoms with Gasteiger partial charge in [0.15, 0.2) is 0 Å². The third-order valence-electron chi connectivity index (χ3n) is 2.85. The van der Waals surface area contributed by atoms with Crippen LogP contribution in [-0.4, -0.2) is 33.8 Å². The van der Waals surface area contributed by atoms with E-state index in [0.717, 1.165) is 13.0 Å². The predicted octanol–water partition coefficient (Wildman–Crippen LogP) is 0.688. The van der Waals surface area contributed by atoms with Crippen molar-refractivity contribution in [3.63, 3.8) is 0 Å². The number of hydrogen-bond donors (Lipinski definition) is 1. The van der Waals surface area contributed by atoms with Gasteiger partial charge in [0.1, 0.15) is 0 Å². The van der Waals surface area contributed by atoms with Gasteiger partial charge in [0.05, 0.1) is 23.1 Å². The monoisotopic (exact) mass is 265 g/mol. The van der Waals surface area contributed by atoms with Crippen LogP contribution >= 0.6 is 0 Å². The summed E-state index contributed by atoms with van der Waals surface area (Å²) >= 11 is 0. The lowest BCUT2D eigenvalue weighted by Crippen LogP contribution is -2.41. The van der Waals surface area contributed by atoms with Crippen molar-refractivity contribution in [3.05, 3.63) is 29.8 Å². The molecule has 1 heterocycles. The summed E-state index contributed by atoms with van der Waals surface area (Å²) in [4.78, 5) is 0. The molecule has 0 saturated carbocycles. The fourth-order valence-electron chi connectivity index (χ4n) is 1.94. The van der Waals surface area contributed by atoms with E-state index in [2.05, 4.69) is 5.32 Å². The summed E-state index contributed by atoms with van der Waals surface area (Å²) in [6, 6.07) is 8.75. The molecule has 1 aliphatic heterocycles. The number of hydrogen-bond acceptors (Lipinski definition) is 4. The molecule has 0 unspecified atom stereocenters. The summed E-state index contributed by atoms with van der Waals surface area (Å²) in [7, 11) is -3.30. The fourth-order valence-corrected chi connectivity index (χ4v) is 3.41. The largest absolute Gasteiger partial charge is 0.316 e. The van der Waals surface area contributed by atoms with E-state index in [0.29, 0.717) is 24.3 Å². The van der Waals surface area contributed by atoms with Crippen LogP contribution in [0.25, 0.3) is 0 Å². The first-order valence-electron chi connectivity index (χ1n) is 5.85. The lowest BCUT2D eigenvalue weighted by molar-refractivity contribution is 0.572. The van der Waals surface area contributed by atoms with Gasteiger partial charge in [-0.25, -0.2) is 8.42 Å². The van der Waals surface area contributed by atoms with E-state index in [-0.39, 0.29) is 5.75 Å². The predicted molar refractivity (Wildman–Crippen MR) is 69.8 cm³/mol. The van der Waals surface area contributed by atoms with E-state index in [1.165, 1.54) is 4.31 Å². The average Bonchev–Trinajstić information content (AvgIpc) is 2.35. The van der Waals surface area contributed by atoms with E-state index in [1.54, 1.807) is 24.3 Å². The Morgan fingerprint density at radius 3 is 2.94 bits per heavy atom. The van der Waals surface area contributed by atoms with Crippen molar-refractivity contribution in [2.45, 2.75) is 6.42 Å². The van der Waals surface area contributed by atoms with Crippen LogP contribution in [0.1, 0.15) is 12.0 Å². The van der Waals surface area contributed by atoms with Crippen molar-refractivity contribution in [2.75, 3.05) is 29.7 Å². The Bertz CT molecular complexity index is 563. The highest BCUT2D eigenvalue weighted by molar-refractivity contribution is 7.92. The van der Waals surface area contributed by atoms with Gasteiger partial charge in [0, 0.05) is 13.1 Å². The summed E-state index contributed by atoms with van der Waals surface area (Å²) in [5.74, 6) is 0.0871. The minimum Gasteiger partial charge on any atom is -0.316 e. The van der Waals surface area contributed by atoms with Crippen LogP contribution in [0.5, 0.6) is 0 Å². The first-order valence-corrected chi connectivity index (χ1v) is 7.46. The number of sulfonamides is 1. The first kappa shape index (κ1) is 12.9. The van der Waals surface area contributed by atoms with Gasteiger partial charge < -0.3 is 5.32 Å². The molecule has 0 bridgehead atoms. The van der Waals surface area contributed by atoms with Crippen molar-refractivity contribution in [2.24, 2.45) is 0 Å². The van der Waals surface area contributed by atoms with Gasteiger partial charge in [-0.05, 0) is 31.2 Å². The second-order valence-corrected chi connectivity index (χ2v) is 6.17. The Labute approximate surface area is 107 Å². The molecule has 1 N–H and O–H groups in total. The molecule has 1 aliphatic rings. The Balaban J connectivity index is 2.36. The maximum Gasteiger partial charge on any atom is 0.236 e. The van der Waals surface area contributed by atoms with Crippen LogP contribution in [0.4, 0.5) is 5.69 Å². The first-order chi connectivity index (χ1) is 8.63. The number of nitriles is 1. The standard InChI is InChI=1S/C12H15N3O2S/c13-10-11-3-1-4-12(9-11)15-7-2-5-14-6-8-18(15,16)17/h1,3-4,9,14H,2,5-8H2. The zero-order chi connectivity index (χ0) is 13.0. The van der Waals surface area contributed by atoms with Crippen LogP contribution in [0.3, 0.4) is 0 Å². The molecule has 6 heteroatoms. The topological polar surface area (TPSA) is 73.2 Å². The molecule has 0 amide bonds. The van der Waals surface area contributed by atoms with Crippen molar-refractivity contribution in [3.8, 4) is 6.07 Å². The van der Waals surface area contributed by atoms with E-state index in [1.807, 2.05) is 6.07 Å². The van der Waals surface area contributed by atoms with Crippen molar-refractivity contribution < 1.29 is 8.42 Å². The average molecular weight is 265 g/mol. The Kier molecular flexibility index (Phi) is 3.84. The molecule has 0 aromatic heterocycles. The quantitative estimate of drug-likeness (QED) is 0.810. The van der Waals surface area contributed by atoms with E-state index in [4.69, 9.17) is 5.26 Å². The third-order valence-corrected chi connectivity index (χ3v) is 4.64. The molecule has 5 nitrogen and oxygen atoms in total. The normalized spacial score (nSPS) is 19.6. The summed E-state index contributed by atoms with van der Waals surface area (Å²) in [5, 5.41) is 11.9. The molecule has 0 atom stereocenters. The number of anilines is 1. The lowest BCUT2D eigenvalue weighted by atomic mass is 10.2. The van der Waals surface area contributed by atoms with E-state index in [9.17, 15) is 8.42 Å². The van der Waals surface area contributed by atoms with Crippen molar-refractivity contribution in [1.29, 1.82) is 5.26 Å². The van der Waals surface area contributed by atoms with Gasteiger partial charge in [0.25, 0.3) is 0 Å². The Morgan fingerprint density at radius 2 is 2.17 bits per heavy atom. The molecule has 2 rings (SSSR count). The molecule has 1 aromatic carbocycles. The SMILES string of the molecule is N#Cc1cccc(N2CCCNCCS2(=O)=O)c1. The zero-order valence-electron chi connectivity index (χ0n) is 9.96. The second-order valence-electron chi connectivity index (χ2n) is 4.15. The van der Waals surface area contributed by atoms with Gasteiger partial charge in [-0.15, -0.1) is 0 Å². The van der Waals surface area contributed by atoms with Crippen LogP contribution in [0.2, 0.25) is 0 Å². The second kappa shape index (κ2) is 5.38. The highest BCUT2D eigenvalue weighted by atomic mass is 32.2. The molecule has 0 spiro atoms. The van der Waals surface area contributed by atoms with Crippen LogP contribution in [0, 0.1) is 11.3 Å². The molecule has 1 aromatic rings. The van der Waals surface area contributed by atoms with Crippen molar-refractivity contribution in [1.82, 2.24) is 5.32 Å². The molecule has 0 radical (unpaired) electrons. The lowest BCUT2D eigenvalue weighted by Gasteiger charge is -2.26. The maximum atomic E-state index is 12.2. The molecular formula is C12H15N3O2S. The number of rotatable bonds is 1. The minimum absolute atomic E-state index is 0.0871. The van der Waals surface area contributed by atoms with Gasteiger partial charge in [-0.2, -0.15) is 5.26 Å². The smallest absolute Gasteiger partial charge is 0.236 e. The third kappa shape index (κ3) is 2.81. The van der Waals surface area contributed by atoms with Crippen LogP contribution < -0.4 is 9.62 Å². The van der Waals surface area contributed by atoms with Crippen molar-refractivity contribution >= 4 is 15.7 Å². The van der Waals surface area contributed by atoms with Gasteiger partial charge in [-0.3, -0.25) is 4.31 Å². The highest BCUT2D eigenvalue weighted by Gasteiger charge is 2.23. The minimum atomic E-state index is -3.30. The summed E-state index contributed by atoms with van der Waals surface area (Å²) in [5.41, 5.74) is 1.05. The number of nitrogens with zero attached hydrogens (tertiary/aromatic N) is 2. The number of nitrogens with one attached hydrogen (secondary N) is 1. The van der Waals surface area contributed by atoms with E-state index >= 15 is 0 Å². The molecular weight excluding hydrogens is 250 g/mol. The summed E-state index contributed by atoms with van der Waals surface area (Å²) in [6.07, 6.45) is 0.760. The maximum absolute atomic E-state index is 12.2. The Hall–Kier alpha value is -1.58. The fraction of sp³-hybridized carbons (Fsp3) is 0.417. The number of benzene rings is 1. The molecule has 1 fully saturated rings. The van der Waals surface area contributed by atoms with Gasteiger partial charge in [-0.1, -0.05) is 6.07 Å². The summed E-state index contributed by atoms with van der Waals surface area (Å²) in [6.45, 7) is 1.73. The molecule has 0 aliphatic carbocycles. The van der Waals surface area contributed by atoms with Gasteiger partial charge >= 0.3 is 0 Å². The molecule has 1 saturated heterocycles. The zero-order valence-corrected chi connectivity index (χ0v) is 10.8. The van der Waals surface area contributed by atoms with E-state index < -0.39 is 10.0 Å². The molecule has 96 valence electrons. The summed E-state index contributed by atoms with van der Waals surface area (Å²) < 4.78 is 25.7. The van der Waals surface area contributed by atoms with Crippen LogP contribution in [-0.2, 0) is 10.0 Å². The van der Waals surface area contributed by atoms with Gasteiger partial charge in [0.2, 0.25) is 10.0 Å². The highest BCUT2D eigenvalue weighted by Crippen LogP contribution is 2.20.